The lowest BCUT2D eigenvalue weighted by Gasteiger charge is -2.30. The molecule has 2 atom stereocenters. The summed E-state index contributed by atoms with van der Waals surface area (Å²) < 4.78 is 10.9. The molecule has 3 heterocycles. The molecule has 2 aliphatic heterocycles. The molecule has 0 saturated carbocycles. The van der Waals surface area contributed by atoms with E-state index < -0.39 is 0 Å². The number of aromatic nitrogens is 2. The minimum Gasteiger partial charge on any atom is -0.497 e. The van der Waals surface area contributed by atoms with Gasteiger partial charge in [0.25, 0.3) is 0 Å². The molecule has 2 aliphatic rings. The van der Waals surface area contributed by atoms with Gasteiger partial charge in [0, 0.05) is 30.7 Å². The first-order chi connectivity index (χ1) is 12.8. The van der Waals surface area contributed by atoms with Crippen LogP contribution in [0.15, 0.2) is 28.8 Å². The molecule has 140 valence electrons. The van der Waals surface area contributed by atoms with Gasteiger partial charge in [0.05, 0.1) is 13.7 Å². The van der Waals surface area contributed by atoms with Crippen LogP contribution in [-0.4, -0.2) is 65.6 Å². The van der Waals surface area contributed by atoms with Gasteiger partial charge in [-0.1, -0.05) is 17.3 Å². The van der Waals surface area contributed by atoms with E-state index in [1.54, 1.807) is 7.11 Å². The lowest BCUT2D eigenvalue weighted by Crippen LogP contribution is -2.43. The molecular formula is C19H26N4O3. The SMILES string of the molecule is COc1cccc(-c2noc(N3CCCC3CN3CCCC3CO)n2)c1. The van der Waals surface area contributed by atoms with Crippen LogP contribution in [0.3, 0.4) is 0 Å². The fourth-order valence-corrected chi connectivity index (χ4v) is 4.10. The zero-order valence-electron chi connectivity index (χ0n) is 15.2. The molecule has 7 heteroatoms. The molecule has 0 radical (unpaired) electrons. The molecule has 0 spiro atoms. The molecule has 26 heavy (non-hydrogen) atoms. The minimum absolute atomic E-state index is 0.243. The third kappa shape index (κ3) is 3.41. The molecule has 4 rings (SSSR count). The molecular weight excluding hydrogens is 332 g/mol. The summed E-state index contributed by atoms with van der Waals surface area (Å²) in [6.45, 7) is 3.19. The molecule has 2 fully saturated rings. The summed E-state index contributed by atoms with van der Waals surface area (Å²) in [5.41, 5.74) is 0.884. The molecule has 2 saturated heterocycles. The molecule has 1 aromatic carbocycles. The number of anilines is 1. The van der Waals surface area contributed by atoms with Crippen molar-refractivity contribution >= 4 is 6.01 Å². The number of ether oxygens (including phenoxy) is 1. The van der Waals surface area contributed by atoms with Gasteiger partial charge in [-0.3, -0.25) is 4.90 Å². The molecule has 2 unspecified atom stereocenters. The highest BCUT2D eigenvalue weighted by molar-refractivity contribution is 5.58. The normalized spacial score (nSPS) is 23.7. The number of benzene rings is 1. The van der Waals surface area contributed by atoms with Gasteiger partial charge in [-0.25, -0.2) is 0 Å². The van der Waals surface area contributed by atoms with Crippen LogP contribution >= 0.6 is 0 Å². The van der Waals surface area contributed by atoms with E-state index in [4.69, 9.17) is 9.26 Å². The van der Waals surface area contributed by atoms with Crippen molar-refractivity contribution in [3.8, 4) is 17.1 Å². The average molecular weight is 358 g/mol. The van der Waals surface area contributed by atoms with Gasteiger partial charge < -0.3 is 19.3 Å². The Hall–Kier alpha value is -2.12. The van der Waals surface area contributed by atoms with Crippen molar-refractivity contribution in [2.45, 2.75) is 37.8 Å². The third-order valence-corrected chi connectivity index (χ3v) is 5.52. The van der Waals surface area contributed by atoms with E-state index in [0.29, 0.717) is 23.9 Å². The van der Waals surface area contributed by atoms with Crippen LogP contribution in [0.4, 0.5) is 6.01 Å². The van der Waals surface area contributed by atoms with Crippen molar-refractivity contribution in [1.82, 2.24) is 15.0 Å². The predicted molar refractivity (Wildman–Crippen MR) is 98.3 cm³/mol. The number of rotatable bonds is 6. The van der Waals surface area contributed by atoms with Gasteiger partial charge in [-0.2, -0.15) is 4.98 Å². The first kappa shape index (κ1) is 17.3. The largest absolute Gasteiger partial charge is 0.497 e. The van der Waals surface area contributed by atoms with Crippen LogP contribution in [0.5, 0.6) is 5.75 Å². The number of hydrogen-bond donors (Lipinski definition) is 1. The fourth-order valence-electron chi connectivity index (χ4n) is 4.10. The van der Waals surface area contributed by atoms with E-state index in [0.717, 1.165) is 50.2 Å². The standard InChI is InChI=1S/C19H26N4O3/c1-25-17-8-2-5-14(11-17)18-20-19(26-21-18)23-10-4-6-15(23)12-22-9-3-7-16(22)13-24/h2,5,8,11,15-16,24H,3-4,6-7,9-10,12-13H2,1H3. The van der Waals surface area contributed by atoms with Crippen molar-refractivity contribution < 1.29 is 14.4 Å². The zero-order chi connectivity index (χ0) is 17.9. The fraction of sp³-hybridized carbons (Fsp3) is 0.579. The minimum atomic E-state index is 0.243. The lowest BCUT2D eigenvalue weighted by molar-refractivity contribution is 0.152. The van der Waals surface area contributed by atoms with Gasteiger partial charge >= 0.3 is 6.01 Å². The highest BCUT2D eigenvalue weighted by Gasteiger charge is 2.33. The van der Waals surface area contributed by atoms with E-state index in [1.807, 2.05) is 24.3 Å². The van der Waals surface area contributed by atoms with Gasteiger partial charge in [0.1, 0.15) is 5.75 Å². The smallest absolute Gasteiger partial charge is 0.324 e. The summed E-state index contributed by atoms with van der Waals surface area (Å²) in [6.07, 6.45) is 4.49. The second-order valence-electron chi connectivity index (χ2n) is 7.10. The highest BCUT2D eigenvalue weighted by Crippen LogP contribution is 2.29. The summed E-state index contributed by atoms with van der Waals surface area (Å²) >= 11 is 0. The summed E-state index contributed by atoms with van der Waals surface area (Å²) in [5, 5.41) is 13.7. The maximum Gasteiger partial charge on any atom is 0.324 e. The lowest BCUT2D eigenvalue weighted by atomic mass is 10.2. The Morgan fingerprint density at radius 3 is 2.92 bits per heavy atom. The number of nitrogens with zero attached hydrogens (tertiary/aromatic N) is 4. The molecule has 7 nitrogen and oxygen atoms in total. The number of hydrogen-bond acceptors (Lipinski definition) is 7. The van der Waals surface area contributed by atoms with Crippen LogP contribution in [0.2, 0.25) is 0 Å². The van der Waals surface area contributed by atoms with Gasteiger partial charge in [0.15, 0.2) is 0 Å². The number of aliphatic hydroxyl groups is 1. The molecule has 0 amide bonds. The van der Waals surface area contributed by atoms with Crippen molar-refractivity contribution in [2.24, 2.45) is 0 Å². The maximum absolute atomic E-state index is 9.56. The third-order valence-electron chi connectivity index (χ3n) is 5.52. The average Bonchev–Trinajstić information content (AvgIpc) is 3.42. The Kier molecular flexibility index (Phi) is 5.08. The Morgan fingerprint density at radius 2 is 2.08 bits per heavy atom. The topological polar surface area (TPSA) is 74.9 Å². The first-order valence-corrected chi connectivity index (χ1v) is 9.38. The molecule has 2 aromatic rings. The second-order valence-corrected chi connectivity index (χ2v) is 7.10. The molecule has 0 aliphatic carbocycles. The number of aliphatic hydroxyl groups excluding tert-OH is 1. The van der Waals surface area contributed by atoms with E-state index in [9.17, 15) is 5.11 Å². The van der Waals surface area contributed by atoms with E-state index in [-0.39, 0.29) is 6.61 Å². The molecule has 1 N–H and O–H groups in total. The maximum atomic E-state index is 9.56. The summed E-state index contributed by atoms with van der Waals surface area (Å²) in [4.78, 5) is 9.26. The van der Waals surface area contributed by atoms with Gasteiger partial charge in [-0.15, -0.1) is 0 Å². The van der Waals surface area contributed by atoms with Crippen molar-refractivity contribution in [2.75, 3.05) is 38.3 Å². The molecule has 0 bridgehead atoms. The van der Waals surface area contributed by atoms with Crippen LogP contribution < -0.4 is 9.64 Å². The Balaban J connectivity index is 1.49. The van der Waals surface area contributed by atoms with Crippen LogP contribution in [0.1, 0.15) is 25.7 Å². The van der Waals surface area contributed by atoms with Crippen LogP contribution in [0, 0.1) is 0 Å². The molecule has 1 aromatic heterocycles. The summed E-state index contributed by atoms with van der Waals surface area (Å²) in [5.74, 6) is 1.36. The quantitative estimate of drug-likeness (QED) is 0.848. The zero-order valence-corrected chi connectivity index (χ0v) is 15.2. The predicted octanol–water partition coefficient (Wildman–Crippen LogP) is 2.17. The van der Waals surface area contributed by atoms with Gasteiger partial charge in [-0.05, 0) is 44.4 Å². The monoisotopic (exact) mass is 358 g/mol. The van der Waals surface area contributed by atoms with Crippen molar-refractivity contribution in [3.63, 3.8) is 0 Å². The van der Waals surface area contributed by atoms with E-state index in [2.05, 4.69) is 19.9 Å². The van der Waals surface area contributed by atoms with Crippen LogP contribution in [0.25, 0.3) is 11.4 Å². The van der Waals surface area contributed by atoms with Crippen molar-refractivity contribution in [1.29, 1.82) is 0 Å². The summed E-state index contributed by atoms with van der Waals surface area (Å²) in [6, 6.07) is 8.93. The first-order valence-electron chi connectivity index (χ1n) is 9.38. The summed E-state index contributed by atoms with van der Waals surface area (Å²) in [7, 11) is 1.65. The van der Waals surface area contributed by atoms with Gasteiger partial charge in [0.2, 0.25) is 5.82 Å². The number of methoxy groups -OCH3 is 1. The Morgan fingerprint density at radius 1 is 1.23 bits per heavy atom. The van der Waals surface area contributed by atoms with E-state index in [1.165, 1.54) is 6.42 Å². The Bertz CT molecular complexity index is 735. The Labute approximate surface area is 153 Å². The highest BCUT2D eigenvalue weighted by atomic mass is 16.5. The van der Waals surface area contributed by atoms with E-state index >= 15 is 0 Å². The number of likely N-dealkylation sites (tertiary alicyclic amines) is 1. The van der Waals surface area contributed by atoms with Crippen LogP contribution in [-0.2, 0) is 0 Å². The van der Waals surface area contributed by atoms with Crippen molar-refractivity contribution in [3.05, 3.63) is 24.3 Å². The second kappa shape index (κ2) is 7.63.